The van der Waals surface area contributed by atoms with Crippen molar-refractivity contribution in [3.63, 3.8) is 0 Å². The predicted molar refractivity (Wildman–Crippen MR) is 135 cm³/mol. The second kappa shape index (κ2) is 9.85. The molecule has 0 heterocycles. The normalized spacial score (nSPS) is 12.9. The summed E-state index contributed by atoms with van der Waals surface area (Å²) in [5.74, 6) is -1.07. The van der Waals surface area contributed by atoms with E-state index in [2.05, 4.69) is 29.6 Å². The molecule has 174 valence electrons. The molecule has 2 N–H and O–H groups in total. The molecule has 0 unspecified atom stereocenters. The Hall–Kier alpha value is -4.38. The zero-order valence-corrected chi connectivity index (χ0v) is 19.1. The zero-order chi connectivity index (χ0) is 24.2. The summed E-state index contributed by atoms with van der Waals surface area (Å²) in [5.41, 5.74) is 7.10. The molecule has 1 atom stereocenters. The molecule has 0 saturated heterocycles. The molecule has 1 aliphatic rings. The summed E-state index contributed by atoms with van der Waals surface area (Å²) < 4.78 is 5.68. The molecule has 4 aromatic carbocycles. The lowest BCUT2D eigenvalue weighted by molar-refractivity contribution is -0.137. The van der Waals surface area contributed by atoms with Gasteiger partial charge in [0.15, 0.2) is 0 Å². The SMILES string of the molecule is O=C(O)C[C@@H](NC(=O)OCC1c2ccccc2-c2ccccc21)c1ccccc1-c1ccccc1. The maximum absolute atomic E-state index is 12.9. The third-order valence-corrected chi connectivity index (χ3v) is 6.44. The highest BCUT2D eigenvalue weighted by molar-refractivity contribution is 5.79. The van der Waals surface area contributed by atoms with Crippen LogP contribution < -0.4 is 5.32 Å². The van der Waals surface area contributed by atoms with Gasteiger partial charge in [-0.05, 0) is 38.9 Å². The minimum absolute atomic E-state index is 0.0670. The van der Waals surface area contributed by atoms with E-state index in [0.717, 1.165) is 38.9 Å². The second-order valence-corrected chi connectivity index (χ2v) is 8.57. The maximum Gasteiger partial charge on any atom is 0.407 e. The predicted octanol–water partition coefficient (Wildman–Crippen LogP) is 6.41. The number of rotatable bonds is 7. The number of carboxylic acids is 1. The fourth-order valence-corrected chi connectivity index (χ4v) is 4.88. The van der Waals surface area contributed by atoms with E-state index in [0.29, 0.717) is 0 Å². The number of carbonyl (C=O) groups is 2. The van der Waals surface area contributed by atoms with Gasteiger partial charge in [-0.3, -0.25) is 4.79 Å². The highest BCUT2D eigenvalue weighted by Crippen LogP contribution is 2.44. The third-order valence-electron chi connectivity index (χ3n) is 6.44. The van der Waals surface area contributed by atoms with Gasteiger partial charge >= 0.3 is 12.1 Å². The van der Waals surface area contributed by atoms with Gasteiger partial charge in [0.25, 0.3) is 0 Å². The van der Waals surface area contributed by atoms with Crippen LogP contribution in [0.15, 0.2) is 103 Å². The first-order valence-corrected chi connectivity index (χ1v) is 11.6. The molecule has 0 aliphatic heterocycles. The first kappa shape index (κ1) is 22.4. The van der Waals surface area contributed by atoms with Crippen LogP contribution in [0.4, 0.5) is 4.79 Å². The zero-order valence-electron chi connectivity index (χ0n) is 19.1. The Morgan fingerprint density at radius 3 is 1.91 bits per heavy atom. The van der Waals surface area contributed by atoms with E-state index in [1.54, 1.807) is 0 Å². The van der Waals surface area contributed by atoms with Crippen molar-refractivity contribution in [1.82, 2.24) is 5.32 Å². The Bertz CT molecular complexity index is 1320. The monoisotopic (exact) mass is 463 g/mol. The van der Waals surface area contributed by atoms with Crippen molar-refractivity contribution >= 4 is 12.1 Å². The Labute approximate surface area is 204 Å². The van der Waals surface area contributed by atoms with E-state index in [-0.39, 0.29) is 18.9 Å². The van der Waals surface area contributed by atoms with Gasteiger partial charge in [0, 0.05) is 5.92 Å². The van der Waals surface area contributed by atoms with Crippen LogP contribution in [0.25, 0.3) is 22.3 Å². The lowest BCUT2D eigenvalue weighted by Crippen LogP contribution is -2.32. The Morgan fingerprint density at radius 2 is 1.29 bits per heavy atom. The number of fused-ring (bicyclic) bond motifs is 3. The molecule has 5 heteroatoms. The van der Waals surface area contributed by atoms with Crippen molar-refractivity contribution in [3.05, 3.63) is 120 Å². The van der Waals surface area contributed by atoms with Crippen LogP contribution in [0.5, 0.6) is 0 Å². The smallest absolute Gasteiger partial charge is 0.407 e. The van der Waals surface area contributed by atoms with Crippen molar-refractivity contribution in [3.8, 4) is 22.3 Å². The molecule has 5 rings (SSSR count). The second-order valence-electron chi connectivity index (χ2n) is 8.57. The van der Waals surface area contributed by atoms with Crippen LogP contribution in [0.2, 0.25) is 0 Å². The Balaban J connectivity index is 1.36. The van der Waals surface area contributed by atoms with E-state index in [1.807, 2.05) is 78.9 Å². The fourth-order valence-electron chi connectivity index (χ4n) is 4.88. The van der Waals surface area contributed by atoms with Gasteiger partial charge in [0.2, 0.25) is 0 Å². The van der Waals surface area contributed by atoms with Gasteiger partial charge in [-0.15, -0.1) is 0 Å². The van der Waals surface area contributed by atoms with E-state index in [4.69, 9.17) is 4.74 Å². The van der Waals surface area contributed by atoms with Crippen LogP contribution in [0.1, 0.15) is 35.1 Å². The molecular weight excluding hydrogens is 438 g/mol. The number of carboxylic acid groups (broad SMARTS) is 1. The molecule has 35 heavy (non-hydrogen) atoms. The summed E-state index contributed by atoms with van der Waals surface area (Å²) in [6, 6.07) is 32.8. The topological polar surface area (TPSA) is 75.6 Å². The van der Waals surface area contributed by atoms with Crippen LogP contribution in [-0.2, 0) is 9.53 Å². The van der Waals surface area contributed by atoms with Crippen LogP contribution >= 0.6 is 0 Å². The van der Waals surface area contributed by atoms with Crippen molar-refractivity contribution in [2.75, 3.05) is 6.61 Å². The molecule has 1 aliphatic carbocycles. The number of ether oxygens (including phenoxy) is 1. The fraction of sp³-hybridized carbons (Fsp3) is 0.133. The number of carbonyl (C=O) groups excluding carboxylic acids is 1. The number of aliphatic carboxylic acids is 1. The molecule has 0 spiro atoms. The van der Waals surface area contributed by atoms with Gasteiger partial charge in [-0.25, -0.2) is 4.79 Å². The summed E-state index contributed by atoms with van der Waals surface area (Å²) in [6.45, 7) is 0.167. The van der Waals surface area contributed by atoms with Gasteiger partial charge in [0.05, 0.1) is 12.5 Å². The first-order valence-electron chi connectivity index (χ1n) is 11.6. The Kier molecular flexibility index (Phi) is 6.31. The van der Waals surface area contributed by atoms with E-state index >= 15 is 0 Å². The third kappa shape index (κ3) is 4.66. The van der Waals surface area contributed by atoms with Crippen LogP contribution in [-0.4, -0.2) is 23.8 Å². The quantitative estimate of drug-likeness (QED) is 0.332. The van der Waals surface area contributed by atoms with Gasteiger partial charge in [0.1, 0.15) is 6.61 Å². The van der Waals surface area contributed by atoms with Gasteiger partial charge in [-0.2, -0.15) is 0 Å². The molecule has 1 amide bonds. The molecular formula is C30H25NO4. The molecule has 4 aromatic rings. The van der Waals surface area contributed by atoms with E-state index in [1.165, 1.54) is 0 Å². The minimum Gasteiger partial charge on any atom is -0.481 e. The number of benzene rings is 4. The van der Waals surface area contributed by atoms with Crippen molar-refractivity contribution in [2.45, 2.75) is 18.4 Å². The standard InChI is InChI=1S/C30H25NO4/c32-29(33)18-28(26-17-9-4-12-21(26)20-10-2-1-3-11-20)31-30(34)35-19-27-24-15-7-5-13-22(24)23-14-6-8-16-25(23)27/h1-17,27-28H,18-19H2,(H,31,34)(H,32,33)/t28-/m1/s1. The molecule has 0 bridgehead atoms. The van der Waals surface area contributed by atoms with E-state index < -0.39 is 18.1 Å². The summed E-state index contributed by atoms with van der Waals surface area (Å²) in [7, 11) is 0. The summed E-state index contributed by atoms with van der Waals surface area (Å²) in [5, 5.41) is 12.4. The van der Waals surface area contributed by atoms with Crippen LogP contribution in [0, 0.1) is 0 Å². The molecule has 0 aromatic heterocycles. The number of hydrogen-bond acceptors (Lipinski definition) is 3. The maximum atomic E-state index is 12.9. The lowest BCUT2D eigenvalue weighted by atomic mass is 9.93. The average molecular weight is 464 g/mol. The van der Waals surface area contributed by atoms with Gasteiger partial charge in [-0.1, -0.05) is 103 Å². The number of nitrogens with one attached hydrogen (secondary N) is 1. The van der Waals surface area contributed by atoms with Gasteiger partial charge < -0.3 is 15.2 Å². The van der Waals surface area contributed by atoms with Crippen molar-refractivity contribution < 1.29 is 19.4 Å². The summed E-state index contributed by atoms with van der Waals surface area (Å²) in [4.78, 5) is 24.6. The number of amides is 1. The highest BCUT2D eigenvalue weighted by atomic mass is 16.5. The van der Waals surface area contributed by atoms with E-state index in [9.17, 15) is 14.7 Å². The minimum atomic E-state index is -1.00. The number of alkyl carbamates (subject to hydrolysis) is 1. The molecule has 0 fully saturated rings. The lowest BCUT2D eigenvalue weighted by Gasteiger charge is -2.21. The molecule has 0 radical (unpaired) electrons. The Morgan fingerprint density at radius 1 is 0.743 bits per heavy atom. The molecule has 5 nitrogen and oxygen atoms in total. The highest BCUT2D eigenvalue weighted by Gasteiger charge is 2.29. The average Bonchev–Trinajstić information content (AvgIpc) is 3.21. The molecule has 0 saturated carbocycles. The first-order chi connectivity index (χ1) is 17.1. The summed E-state index contributed by atoms with van der Waals surface area (Å²) >= 11 is 0. The number of hydrogen-bond donors (Lipinski definition) is 2. The van der Waals surface area contributed by atoms with Crippen molar-refractivity contribution in [1.29, 1.82) is 0 Å². The largest absolute Gasteiger partial charge is 0.481 e. The van der Waals surface area contributed by atoms with Crippen LogP contribution in [0.3, 0.4) is 0 Å². The van der Waals surface area contributed by atoms with Crippen molar-refractivity contribution in [2.24, 2.45) is 0 Å². The summed E-state index contributed by atoms with van der Waals surface area (Å²) in [6.07, 6.45) is -0.894.